The average Bonchev–Trinajstić information content (AvgIpc) is 2.42. The van der Waals surface area contributed by atoms with Crippen LogP contribution in [0.1, 0.15) is 18.9 Å². The first kappa shape index (κ1) is 27.8. The van der Waals surface area contributed by atoms with Gasteiger partial charge in [0.05, 0.1) is 26.8 Å². The van der Waals surface area contributed by atoms with Gasteiger partial charge in [-0.1, -0.05) is 31.7 Å². The summed E-state index contributed by atoms with van der Waals surface area (Å²) in [5.41, 5.74) is -0.749. The predicted molar refractivity (Wildman–Crippen MR) is 83.9 cm³/mol. The first-order valence-electron chi connectivity index (χ1n) is 6.71. The van der Waals surface area contributed by atoms with Crippen LogP contribution < -0.4 is 63.9 Å². The zero-order valence-corrected chi connectivity index (χ0v) is 20.2. The predicted octanol–water partition coefficient (Wildman–Crippen LogP) is -4.80. The van der Waals surface area contributed by atoms with E-state index < -0.39 is 37.2 Å². The van der Waals surface area contributed by atoms with Gasteiger partial charge < -0.3 is 13.8 Å². The normalized spacial score (nSPS) is 11.8. The van der Waals surface area contributed by atoms with Crippen molar-refractivity contribution in [3.05, 3.63) is 36.4 Å². The largest absolute Gasteiger partial charge is 1.00 e. The van der Waals surface area contributed by atoms with Crippen molar-refractivity contribution in [3.63, 3.8) is 0 Å². The van der Waals surface area contributed by atoms with Gasteiger partial charge in [-0.15, -0.1) is 0 Å². The molecule has 0 radical (unpaired) electrons. The first-order chi connectivity index (χ1) is 10.5. The Bertz CT molecular complexity index is 710. The van der Waals surface area contributed by atoms with Gasteiger partial charge in [-0.3, -0.25) is 0 Å². The van der Waals surface area contributed by atoms with E-state index in [0.717, 1.165) is 5.56 Å². The van der Waals surface area contributed by atoms with E-state index in [1.807, 2.05) is 0 Å². The molecule has 0 aliphatic heterocycles. The van der Waals surface area contributed by atoms with E-state index >= 15 is 0 Å². The van der Waals surface area contributed by atoms with E-state index in [0.29, 0.717) is 5.75 Å². The van der Waals surface area contributed by atoms with Crippen molar-refractivity contribution >= 4 is 26.3 Å². The van der Waals surface area contributed by atoms with Crippen molar-refractivity contribution in [2.75, 3.05) is 18.1 Å². The Balaban J connectivity index is 0. The van der Waals surface area contributed by atoms with Gasteiger partial charge in [0.15, 0.2) is 0 Å². The van der Waals surface area contributed by atoms with Crippen LogP contribution in [-0.2, 0) is 20.2 Å². The van der Waals surface area contributed by atoms with E-state index in [9.17, 15) is 25.9 Å². The molecule has 1 rings (SSSR count). The van der Waals surface area contributed by atoms with Crippen LogP contribution in [0.25, 0.3) is 6.08 Å². The van der Waals surface area contributed by atoms with Crippen molar-refractivity contribution < 1.29 is 89.8 Å². The first-order valence-corrected chi connectivity index (χ1v) is 9.86. The molecule has 7 nitrogen and oxygen atoms in total. The molecule has 0 saturated carbocycles. The zero-order valence-electron chi connectivity index (χ0n) is 14.6. The van der Waals surface area contributed by atoms with Crippen molar-refractivity contribution in [2.45, 2.75) is 13.3 Å². The van der Waals surface area contributed by atoms with Crippen molar-refractivity contribution in [3.8, 4) is 5.75 Å². The quantitative estimate of drug-likeness (QED) is 0.297. The van der Waals surface area contributed by atoms with Crippen LogP contribution in [0.3, 0.4) is 0 Å². The molecule has 0 N–H and O–H groups in total. The molecule has 11 heteroatoms. The van der Waals surface area contributed by atoms with Gasteiger partial charge in [-0.25, -0.2) is 16.8 Å². The standard InChI is InChI=1S/C14H20O7S2.2Na/c1-3-12-5-7-13(8-6-12)21-9-14(4-2,10-22(15,16)17)11-23(18,19)20;;/h3,5-8H,1,4,9-11H2,2H3,(H,15,16,17)(H,18,19,20);;/q;2*+1/p-2. The Kier molecular flexibility index (Phi) is 12.7. The summed E-state index contributed by atoms with van der Waals surface area (Å²) in [5, 5.41) is 0. The fraction of sp³-hybridized carbons (Fsp3) is 0.429. The summed E-state index contributed by atoms with van der Waals surface area (Å²) in [7, 11) is -9.46. The summed E-state index contributed by atoms with van der Waals surface area (Å²) >= 11 is 0. The van der Waals surface area contributed by atoms with E-state index in [1.54, 1.807) is 30.3 Å². The molecule has 0 atom stereocenters. The smallest absolute Gasteiger partial charge is 0.748 e. The van der Waals surface area contributed by atoms with Crippen LogP contribution in [0.2, 0.25) is 0 Å². The molecule has 1 aromatic carbocycles. The maximum absolute atomic E-state index is 11.1. The molecule has 0 bridgehead atoms. The molecule has 25 heavy (non-hydrogen) atoms. The minimum absolute atomic E-state index is 0. The minimum atomic E-state index is -4.73. The molecule has 0 aliphatic rings. The summed E-state index contributed by atoms with van der Waals surface area (Å²) in [6, 6.07) is 6.58. The van der Waals surface area contributed by atoms with Gasteiger partial charge in [-0.2, -0.15) is 0 Å². The van der Waals surface area contributed by atoms with Crippen molar-refractivity contribution in [2.24, 2.45) is 5.41 Å². The number of benzene rings is 1. The van der Waals surface area contributed by atoms with E-state index in [4.69, 9.17) is 4.74 Å². The third kappa shape index (κ3) is 11.1. The summed E-state index contributed by atoms with van der Waals surface area (Å²) in [4.78, 5) is 0. The maximum atomic E-state index is 11.1. The van der Waals surface area contributed by atoms with Crippen LogP contribution in [0, 0.1) is 5.41 Å². The van der Waals surface area contributed by atoms with E-state index in [-0.39, 0.29) is 72.1 Å². The van der Waals surface area contributed by atoms with Gasteiger partial charge in [0.1, 0.15) is 5.75 Å². The molecule has 0 saturated heterocycles. The fourth-order valence-corrected chi connectivity index (χ4v) is 4.53. The molecule has 0 heterocycles. The third-order valence-electron chi connectivity index (χ3n) is 3.38. The second-order valence-corrected chi connectivity index (χ2v) is 8.13. The Morgan fingerprint density at radius 3 is 1.80 bits per heavy atom. The number of rotatable bonds is 9. The molecule has 130 valence electrons. The average molecular weight is 408 g/mol. The van der Waals surface area contributed by atoms with Crippen LogP contribution >= 0.6 is 0 Å². The van der Waals surface area contributed by atoms with Crippen LogP contribution in [0.5, 0.6) is 5.75 Å². The molecule has 0 aliphatic carbocycles. The second-order valence-electron chi connectivity index (χ2n) is 5.32. The van der Waals surface area contributed by atoms with Crippen LogP contribution in [0.4, 0.5) is 0 Å². The zero-order chi connectivity index (χ0) is 17.7. The Labute approximate surface area is 193 Å². The molecule has 0 spiro atoms. The molecule has 0 aromatic heterocycles. The fourth-order valence-electron chi connectivity index (χ4n) is 2.12. The summed E-state index contributed by atoms with van der Waals surface area (Å²) < 4.78 is 71.8. The topological polar surface area (TPSA) is 124 Å². The molecule has 0 unspecified atom stereocenters. The van der Waals surface area contributed by atoms with E-state index in [2.05, 4.69) is 6.58 Å². The van der Waals surface area contributed by atoms with Crippen molar-refractivity contribution in [1.82, 2.24) is 0 Å². The van der Waals surface area contributed by atoms with Gasteiger partial charge in [-0.05, 0) is 24.1 Å². The maximum Gasteiger partial charge on any atom is 1.00 e. The number of hydrogen-bond acceptors (Lipinski definition) is 7. The van der Waals surface area contributed by atoms with Crippen LogP contribution in [0.15, 0.2) is 30.8 Å². The molecule has 0 fully saturated rings. The van der Waals surface area contributed by atoms with Crippen molar-refractivity contribution in [1.29, 1.82) is 0 Å². The number of hydrogen-bond donors (Lipinski definition) is 0. The minimum Gasteiger partial charge on any atom is -0.748 e. The van der Waals surface area contributed by atoms with Gasteiger partial charge in [0.2, 0.25) is 0 Å². The summed E-state index contributed by atoms with van der Waals surface area (Å²) in [5.74, 6) is -1.61. The molecular weight excluding hydrogens is 390 g/mol. The number of ether oxygens (including phenoxy) is 1. The van der Waals surface area contributed by atoms with Gasteiger partial charge in [0, 0.05) is 16.9 Å². The monoisotopic (exact) mass is 408 g/mol. The second kappa shape index (κ2) is 11.4. The SMILES string of the molecule is C=Cc1ccc(OCC(CC)(CS(=O)(=O)[O-])CS(=O)(=O)[O-])cc1.[Na+].[Na+]. The van der Waals surface area contributed by atoms with Gasteiger partial charge in [0.25, 0.3) is 0 Å². The van der Waals surface area contributed by atoms with E-state index in [1.165, 1.54) is 6.92 Å². The third-order valence-corrected chi connectivity index (χ3v) is 5.31. The van der Waals surface area contributed by atoms with Crippen LogP contribution in [-0.4, -0.2) is 44.1 Å². The van der Waals surface area contributed by atoms with Gasteiger partial charge >= 0.3 is 59.1 Å². The molecule has 1 aromatic rings. The molecular formula is C14H18Na2O7S2. The Morgan fingerprint density at radius 1 is 1.04 bits per heavy atom. The Hall–Kier alpha value is 0.580. The summed E-state index contributed by atoms with van der Waals surface area (Å²) in [6.07, 6.45) is 1.61. The molecule has 0 amide bonds. The summed E-state index contributed by atoms with van der Waals surface area (Å²) in [6.45, 7) is 4.72. The Morgan fingerprint density at radius 2 is 1.48 bits per heavy atom.